The molecular formula is C18H28N2OS. The van der Waals surface area contributed by atoms with Crippen molar-refractivity contribution < 1.29 is 4.79 Å². The first-order valence-corrected chi connectivity index (χ1v) is 9.15. The molecule has 22 heavy (non-hydrogen) atoms. The van der Waals surface area contributed by atoms with Gasteiger partial charge in [0.05, 0.1) is 0 Å². The minimum atomic E-state index is 0.177. The lowest BCUT2D eigenvalue weighted by Gasteiger charge is -2.34. The second kappa shape index (κ2) is 8.02. The first-order chi connectivity index (χ1) is 10.5. The second-order valence-corrected chi connectivity index (χ2v) is 7.85. The van der Waals surface area contributed by atoms with E-state index in [4.69, 9.17) is 0 Å². The highest BCUT2D eigenvalue weighted by Gasteiger charge is 2.26. The van der Waals surface area contributed by atoms with E-state index >= 15 is 0 Å². The van der Waals surface area contributed by atoms with Crippen LogP contribution in [0.4, 0.5) is 0 Å². The van der Waals surface area contributed by atoms with Crippen molar-refractivity contribution in [2.45, 2.75) is 44.9 Å². The van der Waals surface area contributed by atoms with Crippen molar-refractivity contribution in [2.75, 3.05) is 25.4 Å². The molecule has 0 saturated carbocycles. The highest BCUT2D eigenvalue weighted by atomic mass is 32.2. The maximum Gasteiger partial charge on any atom is 0.220 e. The van der Waals surface area contributed by atoms with Gasteiger partial charge in [-0.3, -0.25) is 4.79 Å². The molecule has 2 rings (SSSR count). The lowest BCUT2D eigenvalue weighted by Crippen LogP contribution is -2.42. The molecule has 1 saturated heterocycles. The maximum absolute atomic E-state index is 12.0. The average Bonchev–Trinajstić information content (AvgIpc) is 2.50. The smallest absolute Gasteiger partial charge is 0.220 e. The second-order valence-electron chi connectivity index (χ2n) is 6.68. The van der Waals surface area contributed by atoms with Crippen LogP contribution in [0.5, 0.6) is 0 Å². The standard InChI is InChI=1S/C18H28N2OS/c1-14-4-5-16(12-15(14)2)22-11-6-17(21)20-13-18(3)7-9-19-10-8-18/h4-5,12,19H,6-11,13H2,1-3H3,(H,20,21). The van der Waals surface area contributed by atoms with Gasteiger partial charge in [-0.05, 0) is 68.5 Å². The Morgan fingerprint density at radius 3 is 2.68 bits per heavy atom. The van der Waals surface area contributed by atoms with Gasteiger partial charge in [-0.25, -0.2) is 0 Å². The summed E-state index contributed by atoms with van der Waals surface area (Å²) in [6.45, 7) is 9.47. The number of aryl methyl sites for hydroxylation is 2. The van der Waals surface area contributed by atoms with Crippen LogP contribution in [0.2, 0.25) is 0 Å². The Morgan fingerprint density at radius 2 is 2.00 bits per heavy atom. The van der Waals surface area contributed by atoms with Gasteiger partial charge in [-0.15, -0.1) is 11.8 Å². The van der Waals surface area contributed by atoms with Gasteiger partial charge >= 0.3 is 0 Å². The summed E-state index contributed by atoms with van der Waals surface area (Å²) in [4.78, 5) is 13.3. The largest absolute Gasteiger partial charge is 0.356 e. The first kappa shape index (κ1) is 17.4. The number of hydrogen-bond acceptors (Lipinski definition) is 3. The summed E-state index contributed by atoms with van der Waals surface area (Å²) in [5.74, 6) is 1.02. The van der Waals surface area contributed by atoms with E-state index < -0.39 is 0 Å². The maximum atomic E-state index is 12.0. The van der Waals surface area contributed by atoms with Gasteiger partial charge in [0.15, 0.2) is 0 Å². The monoisotopic (exact) mass is 320 g/mol. The molecule has 1 aliphatic rings. The molecular weight excluding hydrogens is 292 g/mol. The molecule has 1 aromatic carbocycles. The first-order valence-electron chi connectivity index (χ1n) is 8.16. The molecule has 0 aromatic heterocycles. The lowest BCUT2D eigenvalue weighted by molar-refractivity contribution is -0.121. The quantitative estimate of drug-likeness (QED) is 0.790. The summed E-state index contributed by atoms with van der Waals surface area (Å²) in [5.41, 5.74) is 2.90. The topological polar surface area (TPSA) is 41.1 Å². The zero-order valence-corrected chi connectivity index (χ0v) is 14.8. The van der Waals surface area contributed by atoms with Gasteiger partial charge < -0.3 is 10.6 Å². The van der Waals surface area contributed by atoms with Gasteiger partial charge in [0.2, 0.25) is 5.91 Å². The van der Waals surface area contributed by atoms with E-state index in [1.54, 1.807) is 11.8 Å². The van der Waals surface area contributed by atoms with Crippen molar-refractivity contribution in [3.05, 3.63) is 29.3 Å². The molecule has 1 aromatic rings. The van der Waals surface area contributed by atoms with Crippen LogP contribution in [-0.4, -0.2) is 31.3 Å². The molecule has 0 bridgehead atoms. The molecule has 0 unspecified atom stereocenters. The number of carbonyl (C=O) groups is 1. The van der Waals surface area contributed by atoms with Crippen LogP contribution in [0.1, 0.15) is 37.3 Å². The molecule has 0 radical (unpaired) electrons. The van der Waals surface area contributed by atoms with Crippen molar-refractivity contribution in [1.29, 1.82) is 0 Å². The highest BCUT2D eigenvalue weighted by molar-refractivity contribution is 7.99. The van der Waals surface area contributed by atoms with E-state index in [-0.39, 0.29) is 11.3 Å². The van der Waals surface area contributed by atoms with Crippen molar-refractivity contribution in [3.8, 4) is 0 Å². The summed E-state index contributed by atoms with van der Waals surface area (Å²) < 4.78 is 0. The third-order valence-corrected chi connectivity index (χ3v) is 5.59. The zero-order chi connectivity index (χ0) is 16.0. The summed E-state index contributed by atoms with van der Waals surface area (Å²) in [6, 6.07) is 6.49. The predicted molar refractivity (Wildman–Crippen MR) is 94.5 cm³/mol. The lowest BCUT2D eigenvalue weighted by atomic mass is 9.81. The fourth-order valence-electron chi connectivity index (χ4n) is 2.67. The Labute approximate surface area is 138 Å². The van der Waals surface area contributed by atoms with Gasteiger partial charge in [0.1, 0.15) is 0 Å². The molecule has 0 spiro atoms. The Kier molecular flexibility index (Phi) is 6.33. The van der Waals surface area contributed by atoms with Crippen LogP contribution in [0.3, 0.4) is 0 Å². The van der Waals surface area contributed by atoms with Gasteiger partial charge in [-0.1, -0.05) is 13.0 Å². The fourth-order valence-corrected chi connectivity index (χ4v) is 3.62. The molecule has 4 heteroatoms. The van der Waals surface area contributed by atoms with E-state index in [2.05, 4.69) is 49.6 Å². The average molecular weight is 321 g/mol. The molecule has 3 nitrogen and oxygen atoms in total. The summed E-state index contributed by atoms with van der Waals surface area (Å²) in [6.07, 6.45) is 2.88. The number of thioether (sulfide) groups is 1. The Morgan fingerprint density at radius 1 is 1.27 bits per heavy atom. The molecule has 0 atom stereocenters. The van der Waals surface area contributed by atoms with Crippen molar-refractivity contribution in [3.63, 3.8) is 0 Å². The SMILES string of the molecule is Cc1ccc(SCCC(=O)NCC2(C)CCNCC2)cc1C. The van der Waals surface area contributed by atoms with Gasteiger partial charge in [-0.2, -0.15) is 0 Å². The minimum absolute atomic E-state index is 0.177. The molecule has 1 fully saturated rings. The summed E-state index contributed by atoms with van der Waals surface area (Å²) in [5, 5.41) is 6.49. The normalized spacial score (nSPS) is 17.2. The molecule has 1 aliphatic heterocycles. The van der Waals surface area contributed by atoms with Crippen LogP contribution < -0.4 is 10.6 Å². The number of piperidine rings is 1. The van der Waals surface area contributed by atoms with E-state index in [0.29, 0.717) is 6.42 Å². The van der Waals surface area contributed by atoms with E-state index in [9.17, 15) is 4.79 Å². The third-order valence-electron chi connectivity index (χ3n) is 4.60. The molecule has 122 valence electrons. The summed E-state index contributed by atoms with van der Waals surface area (Å²) >= 11 is 1.76. The Balaban J connectivity index is 1.68. The molecule has 2 N–H and O–H groups in total. The number of nitrogens with one attached hydrogen (secondary N) is 2. The number of carbonyl (C=O) groups excluding carboxylic acids is 1. The third kappa shape index (κ3) is 5.33. The fraction of sp³-hybridized carbons (Fsp3) is 0.611. The Bertz CT molecular complexity index is 510. The van der Waals surface area contributed by atoms with Crippen LogP contribution in [-0.2, 0) is 4.79 Å². The predicted octanol–water partition coefficient (Wildman–Crippen LogP) is 3.29. The number of hydrogen-bond donors (Lipinski definition) is 2. The highest BCUT2D eigenvalue weighted by Crippen LogP contribution is 2.26. The van der Waals surface area contributed by atoms with Crippen LogP contribution in [0.15, 0.2) is 23.1 Å². The molecule has 1 heterocycles. The van der Waals surface area contributed by atoms with Crippen molar-refractivity contribution >= 4 is 17.7 Å². The summed E-state index contributed by atoms with van der Waals surface area (Å²) in [7, 11) is 0. The van der Waals surface area contributed by atoms with Crippen LogP contribution >= 0.6 is 11.8 Å². The molecule has 0 aliphatic carbocycles. The van der Waals surface area contributed by atoms with E-state index in [0.717, 1.165) is 38.2 Å². The van der Waals surface area contributed by atoms with Crippen molar-refractivity contribution in [2.24, 2.45) is 5.41 Å². The number of benzene rings is 1. The Hall–Kier alpha value is -1.00. The number of amides is 1. The van der Waals surface area contributed by atoms with E-state index in [1.165, 1.54) is 16.0 Å². The van der Waals surface area contributed by atoms with Gasteiger partial charge in [0, 0.05) is 23.6 Å². The van der Waals surface area contributed by atoms with Crippen LogP contribution in [0, 0.1) is 19.3 Å². The van der Waals surface area contributed by atoms with E-state index in [1.807, 2.05) is 0 Å². The number of rotatable bonds is 6. The van der Waals surface area contributed by atoms with Crippen molar-refractivity contribution in [1.82, 2.24) is 10.6 Å². The zero-order valence-electron chi connectivity index (χ0n) is 14.0. The minimum Gasteiger partial charge on any atom is -0.356 e. The molecule has 1 amide bonds. The van der Waals surface area contributed by atoms with Crippen LogP contribution in [0.25, 0.3) is 0 Å². The van der Waals surface area contributed by atoms with Gasteiger partial charge in [0.25, 0.3) is 0 Å².